The first-order valence-corrected chi connectivity index (χ1v) is 6.23. The maximum absolute atomic E-state index is 11.3. The van der Waals surface area contributed by atoms with Gasteiger partial charge in [0.25, 0.3) is 11.1 Å². The molecule has 1 heterocycles. The number of amides is 1. The summed E-state index contributed by atoms with van der Waals surface area (Å²) in [5.41, 5.74) is -1.01. The molecule has 3 N–H and O–H groups in total. The first-order chi connectivity index (χ1) is 9.28. The molecule has 0 saturated carbocycles. The number of aromatic amines is 2. The first-order valence-electron chi connectivity index (χ1n) is 6.23. The highest BCUT2D eigenvalue weighted by molar-refractivity contribution is 5.67. The van der Waals surface area contributed by atoms with E-state index in [0.717, 1.165) is 0 Å². The second-order valence-corrected chi connectivity index (χ2v) is 5.16. The molecule has 0 saturated heterocycles. The lowest BCUT2D eigenvalue weighted by molar-refractivity contribution is 0.0529. The lowest BCUT2D eigenvalue weighted by Gasteiger charge is -2.19. The van der Waals surface area contributed by atoms with Crippen molar-refractivity contribution in [2.75, 3.05) is 6.54 Å². The monoisotopic (exact) mass is 281 g/mol. The van der Waals surface area contributed by atoms with Crippen LogP contribution in [0.25, 0.3) is 6.08 Å². The molecule has 110 valence electrons. The Morgan fingerprint density at radius 3 is 2.70 bits per heavy atom. The predicted octanol–water partition coefficient (Wildman–Crippen LogP) is 0.991. The zero-order valence-electron chi connectivity index (χ0n) is 11.8. The molecule has 0 fully saturated rings. The third kappa shape index (κ3) is 6.03. The highest BCUT2D eigenvalue weighted by Crippen LogP contribution is 2.06. The molecule has 1 aromatic heterocycles. The molecular formula is C13H19N3O4. The number of alkyl carbamates (subject to hydrolysis) is 1. The number of H-pyrrole nitrogens is 2. The van der Waals surface area contributed by atoms with Gasteiger partial charge in [0.2, 0.25) is 0 Å². The normalized spacial score (nSPS) is 11.6. The van der Waals surface area contributed by atoms with Crippen molar-refractivity contribution >= 4 is 12.2 Å². The van der Waals surface area contributed by atoms with Gasteiger partial charge in [0.15, 0.2) is 0 Å². The minimum Gasteiger partial charge on any atom is -0.444 e. The van der Waals surface area contributed by atoms with Crippen molar-refractivity contribution in [2.24, 2.45) is 0 Å². The molecular weight excluding hydrogens is 262 g/mol. The molecule has 0 spiro atoms. The summed E-state index contributed by atoms with van der Waals surface area (Å²) in [5.74, 6) is 0. The fourth-order valence-corrected chi connectivity index (χ4v) is 1.34. The van der Waals surface area contributed by atoms with Gasteiger partial charge in [-0.1, -0.05) is 12.2 Å². The molecule has 0 aliphatic heterocycles. The van der Waals surface area contributed by atoms with E-state index in [9.17, 15) is 14.4 Å². The average Bonchev–Trinajstić information content (AvgIpc) is 2.30. The van der Waals surface area contributed by atoms with Crippen molar-refractivity contribution in [2.45, 2.75) is 32.8 Å². The van der Waals surface area contributed by atoms with Gasteiger partial charge in [-0.2, -0.15) is 0 Å². The van der Waals surface area contributed by atoms with Gasteiger partial charge < -0.3 is 10.1 Å². The molecule has 7 nitrogen and oxygen atoms in total. The van der Waals surface area contributed by atoms with Gasteiger partial charge in [-0.05, 0) is 27.2 Å². The number of ether oxygens (including phenoxy) is 1. The third-order valence-electron chi connectivity index (χ3n) is 2.12. The minimum atomic E-state index is -0.529. The minimum absolute atomic E-state index is 0.269. The summed E-state index contributed by atoms with van der Waals surface area (Å²) in [7, 11) is 0. The van der Waals surface area contributed by atoms with Gasteiger partial charge in [0.1, 0.15) is 5.60 Å². The van der Waals surface area contributed by atoms with Crippen molar-refractivity contribution in [1.29, 1.82) is 0 Å². The van der Waals surface area contributed by atoms with Crippen LogP contribution in [0.15, 0.2) is 21.7 Å². The van der Waals surface area contributed by atoms with Crippen LogP contribution in [0.3, 0.4) is 0 Å². The zero-order valence-corrected chi connectivity index (χ0v) is 11.8. The topological polar surface area (TPSA) is 104 Å². The van der Waals surface area contributed by atoms with E-state index in [4.69, 9.17) is 4.74 Å². The van der Waals surface area contributed by atoms with Crippen LogP contribution < -0.4 is 16.4 Å². The van der Waals surface area contributed by atoms with E-state index in [1.54, 1.807) is 26.8 Å². The van der Waals surface area contributed by atoms with E-state index in [2.05, 4.69) is 15.5 Å². The Hall–Kier alpha value is -2.31. The van der Waals surface area contributed by atoms with E-state index >= 15 is 0 Å². The first kappa shape index (κ1) is 15.7. The molecule has 0 bridgehead atoms. The standard InChI is InChI=1S/C13H19N3O4/c1-13(2,3)20-12(19)14-7-5-4-6-9-8-10(17)15-16-11(9)18/h4,6,8H,5,7H2,1-3H3,(H,14,19)(H,15,17)(H,16,18). The molecule has 0 aromatic carbocycles. The highest BCUT2D eigenvalue weighted by Gasteiger charge is 2.15. The Kier molecular flexibility index (Phi) is 5.31. The van der Waals surface area contributed by atoms with Gasteiger partial charge in [-0.3, -0.25) is 19.8 Å². The van der Waals surface area contributed by atoms with Crippen molar-refractivity contribution in [3.8, 4) is 0 Å². The Balaban J connectivity index is 2.39. The van der Waals surface area contributed by atoms with E-state index < -0.39 is 11.7 Å². The number of aromatic nitrogens is 2. The molecule has 1 amide bonds. The Bertz CT molecular complexity index is 593. The van der Waals surface area contributed by atoms with Crippen LogP contribution in [0.4, 0.5) is 4.79 Å². The molecule has 1 rings (SSSR count). The van der Waals surface area contributed by atoms with Crippen LogP contribution in [-0.4, -0.2) is 28.4 Å². The number of hydrogen-bond acceptors (Lipinski definition) is 4. The lowest BCUT2D eigenvalue weighted by Crippen LogP contribution is -2.32. The van der Waals surface area contributed by atoms with Gasteiger partial charge >= 0.3 is 6.09 Å². The second kappa shape index (κ2) is 6.74. The molecule has 0 aliphatic carbocycles. The van der Waals surface area contributed by atoms with Crippen LogP contribution in [0.5, 0.6) is 0 Å². The van der Waals surface area contributed by atoms with Crippen molar-refractivity contribution < 1.29 is 9.53 Å². The summed E-state index contributed by atoms with van der Waals surface area (Å²) in [6, 6.07) is 1.20. The average molecular weight is 281 g/mol. The van der Waals surface area contributed by atoms with Crippen molar-refractivity contribution in [3.63, 3.8) is 0 Å². The lowest BCUT2D eigenvalue weighted by atomic mass is 10.2. The number of hydrogen-bond donors (Lipinski definition) is 3. The van der Waals surface area contributed by atoms with Crippen LogP contribution in [0, 0.1) is 0 Å². The van der Waals surface area contributed by atoms with E-state index in [1.165, 1.54) is 12.1 Å². The van der Waals surface area contributed by atoms with E-state index in [-0.39, 0.29) is 16.7 Å². The smallest absolute Gasteiger partial charge is 0.407 e. The summed E-state index contributed by atoms with van der Waals surface area (Å²) in [6.45, 7) is 5.73. The molecule has 0 atom stereocenters. The quantitative estimate of drug-likeness (QED) is 0.716. The maximum atomic E-state index is 11.3. The fraction of sp³-hybridized carbons (Fsp3) is 0.462. The summed E-state index contributed by atoms with van der Waals surface area (Å²) >= 11 is 0. The number of rotatable bonds is 4. The zero-order chi connectivity index (χ0) is 15.2. The van der Waals surface area contributed by atoms with Gasteiger partial charge in [-0.25, -0.2) is 4.79 Å². The number of carbonyl (C=O) groups excluding carboxylic acids is 1. The number of nitrogens with one attached hydrogen (secondary N) is 3. The number of carbonyl (C=O) groups is 1. The summed E-state index contributed by atoms with van der Waals surface area (Å²) < 4.78 is 5.06. The SMILES string of the molecule is CC(C)(C)OC(=O)NCCC=Cc1cc(=O)[nH][nH]c1=O. The largest absolute Gasteiger partial charge is 0.444 e. The highest BCUT2D eigenvalue weighted by atomic mass is 16.6. The fourth-order valence-electron chi connectivity index (χ4n) is 1.34. The van der Waals surface area contributed by atoms with Crippen molar-refractivity contribution in [1.82, 2.24) is 15.5 Å². The Morgan fingerprint density at radius 1 is 1.35 bits per heavy atom. The Labute approximate surface area is 116 Å². The van der Waals surface area contributed by atoms with Crippen LogP contribution in [0.2, 0.25) is 0 Å². The maximum Gasteiger partial charge on any atom is 0.407 e. The third-order valence-corrected chi connectivity index (χ3v) is 2.12. The van der Waals surface area contributed by atoms with Crippen LogP contribution in [0.1, 0.15) is 32.8 Å². The molecule has 1 aromatic rings. The van der Waals surface area contributed by atoms with Crippen LogP contribution in [-0.2, 0) is 4.74 Å². The molecule has 0 aliphatic rings. The summed E-state index contributed by atoms with van der Waals surface area (Å²) in [4.78, 5) is 33.7. The van der Waals surface area contributed by atoms with Crippen molar-refractivity contribution in [3.05, 3.63) is 38.4 Å². The van der Waals surface area contributed by atoms with E-state index in [0.29, 0.717) is 13.0 Å². The van der Waals surface area contributed by atoms with Gasteiger partial charge in [-0.15, -0.1) is 0 Å². The van der Waals surface area contributed by atoms with Gasteiger partial charge in [0, 0.05) is 18.2 Å². The van der Waals surface area contributed by atoms with Crippen LogP contribution >= 0.6 is 0 Å². The molecule has 0 unspecified atom stereocenters. The summed E-state index contributed by atoms with van der Waals surface area (Å²) in [6.07, 6.45) is 3.26. The second-order valence-electron chi connectivity index (χ2n) is 5.16. The van der Waals surface area contributed by atoms with Gasteiger partial charge in [0.05, 0.1) is 0 Å². The summed E-state index contributed by atoms with van der Waals surface area (Å²) in [5, 5.41) is 6.98. The predicted molar refractivity (Wildman–Crippen MR) is 75.6 cm³/mol. The van der Waals surface area contributed by atoms with E-state index in [1.807, 2.05) is 0 Å². The Morgan fingerprint density at radius 2 is 2.05 bits per heavy atom. The molecule has 20 heavy (non-hydrogen) atoms. The molecule has 0 radical (unpaired) electrons. The molecule has 7 heteroatoms.